The molecule has 0 spiro atoms. The van der Waals surface area contributed by atoms with Crippen molar-refractivity contribution in [3.8, 4) is 0 Å². The van der Waals surface area contributed by atoms with Gasteiger partial charge in [0.15, 0.2) is 0 Å². The molecule has 1 heterocycles. The lowest BCUT2D eigenvalue weighted by atomic mass is 10.1. The summed E-state index contributed by atoms with van der Waals surface area (Å²) in [6.07, 6.45) is -1.02. The monoisotopic (exact) mass is 389 g/mol. The van der Waals surface area contributed by atoms with Gasteiger partial charge in [0.1, 0.15) is 6.04 Å². The minimum Gasteiger partial charge on any atom is -0.480 e. The largest absolute Gasteiger partial charge is 0.480 e. The highest BCUT2D eigenvalue weighted by Crippen LogP contribution is 2.26. The SMILES string of the molecule is Cc1ccc(S(=O)(=O)O[C@@H]2C[C@@H](C(=O)O)N(C(=O)c3ccccc3)C2)cc1. The maximum Gasteiger partial charge on any atom is 0.326 e. The first-order valence-corrected chi connectivity index (χ1v) is 9.77. The zero-order valence-electron chi connectivity index (χ0n) is 14.6. The number of benzene rings is 2. The zero-order valence-corrected chi connectivity index (χ0v) is 15.4. The fourth-order valence-corrected chi connectivity index (χ4v) is 4.09. The molecule has 7 nitrogen and oxygen atoms in total. The molecule has 2 aromatic rings. The summed E-state index contributed by atoms with van der Waals surface area (Å²) in [5, 5.41) is 9.44. The number of nitrogens with zero attached hydrogens (tertiary/aromatic N) is 1. The van der Waals surface area contributed by atoms with E-state index in [0.29, 0.717) is 5.56 Å². The van der Waals surface area contributed by atoms with Crippen molar-refractivity contribution < 1.29 is 27.3 Å². The minimum absolute atomic E-state index is 0.00666. The number of carbonyl (C=O) groups is 2. The molecule has 1 N–H and O–H groups in total. The molecule has 1 saturated heterocycles. The molecule has 0 aliphatic carbocycles. The molecule has 1 aliphatic heterocycles. The van der Waals surface area contributed by atoms with E-state index >= 15 is 0 Å². The van der Waals surface area contributed by atoms with Gasteiger partial charge in [0.25, 0.3) is 16.0 Å². The van der Waals surface area contributed by atoms with Crippen LogP contribution in [-0.2, 0) is 19.1 Å². The van der Waals surface area contributed by atoms with Crippen LogP contribution in [0.25, 0.3) is 0 Å². The highest BCUT2D eigenvalue weighted by atomic mass is 32.2. The van der Waals surface area contributed by atoms with Crippen LogP contribution in [0, 0.1) is 6.92 Å². The van der Waals surface area contributed by atoms with Crippen molar-refractivity contribution in [2.45, 2.75) is 30.4 Å². The molecule has 8 heteroatoms. The number of amides is 1. The molecule has 1 aliphatic rings. The van der Waals surface area contributed by atoms with E-state index in [4.69, 9.17) is 4.18 Å². The zero-order chi connectivity index (χ0) is 19.6. The smallest absolute Gasteiger partial charge is 0.326 e. The Bertz CT molecular complexity index is 940. The van der Waals surface area contributed by atoms with Gasteiger partial charge in [0, 0.05) is 18.5 Å². The molecule has 1 fully saturated rings. The van der Waals surface area contributed by atoms with E-state index in [2.05, 4.69) is 0 Å². The number of carboxylic acid groups (broad SMARTS) is 1. The predicted octanol–water partition coefficient (Wildman–Crippen LogP) is 2.07. The van der Waals surface area contributed by atoms with Crippen LogP contribution in [0.4, 0.5) is 0 Å². The minimum atomic E-state index is -4.05. The van der Waals surface area contributed by atoms with Gasteiger partial charge in [-0.25, -0.2) is 4.79 Å². The maximum atomic E-state index is 12.6. The number of carbonyl (C=O) groups excluding carboxylic acids is 1. The molecule has 0 bridgehead atoms. The highest BCUT2D eigenvalue weighted by Gasteiger charge is 2.42. The Hall–Kier alpha value is -2.71. The molecule has 0 saturated carbocycles. The van der Waals surface area contributed by atoms with Crippen LogP contribution in [0.15, 0.2) is 59.5 Å². The van der Waals surface area contributed by atoms with Gasteiger partial charge >= 0.3 is 5.97 Å². The Balaban J connectivity index is 1.79. The maximum absolute atomic E-state index is 12.6. The number of aryl methyl sites for hydroxylation is 1. The normalized spacial score (nSPS) is 19.8. The van der Waals surface area contributed by atoms with Crippen LogP contribution in [0.5, 0.6) is 0 Å². The summed E-state index contributed by atoms with van der Waals surface area (Å²) in [6, 6.07) is 13.3. The van der Waals surface area contributed by atoms with Gasteiger partial charge in [-0.15, -0.1) is 0 Å². The van der Waals surface area contributed by atoms with E-state index in [1.165, 1.54) is 12.1 Å². The van der Waals surface area contributed by atoms with E-state index in [1.807, 2.05) is 6.92 Å². The Labute approximate surface area is 157 Å². The first-order chi connectivity index (χ1) is 12.8. The van der Waals surface area contributed by atoms with Gasteiger partial charge in [0.2, 0.25) is 0 Å². The van der Waals surface area contributed by atoms with Crippen LogP contribution in [0.2, 0.25) is 0 Å². The Morgan fingerprint density at radius 1 is 1.07 bits per heavy atom. The summed E-state index contributed by atoms with van der Waals surface area (Å²) in [7, 11) is -4.05. The van der Waals surface area contributed by atoms with Crippen molar-refractivity contribution in [1.82, 2.24) is 4.90 Å². The highest BCUT2D eigenvalue weighted by molar-refractivity contribution is 7.86. The molecular formula is C19H19NO6S. The third-order valence-electron chi connectivity index (χ3n) is 4.40. The third-order valence-corrected chi connectivity index (χ3v) is 5.78. The molecule has 2 atom stereocenters. The first-order valence-electron chi connectivity index (χ1n) is 8.37. The van der Waals surface area contributed by atoms with Gasteiger partial charge in [-0.2, -0.15) is 8.42 Å². The summed E-state index contributed by atoms with van der Waals surface area (Å²) < 4.78 is 30.1. The van der Waals surface area contributed by atoms with Crippen molar-refractivity contribution in [3.63, 3.8) is 0 Å². The molecule has 2 aromatic carbocycles. The van der Waals surface area contributed by atoms with Crippen molar-refractivity contribution >= 4 is 22.0 Å². The van der Waals surface area contributed by atoms with Crippen LogP contribution < -0.4 is 0 Å². The fourth-order valence-electron chi connectivity index (χ4n) is 3.01. The average Bonchev–Trinajstić information content (AvgIpc) is 3.05. The van der Waals surface area contributed by atoms with E-state index < -0.39 is 34.1 Å². The molecule has 3 rings (SSSR count). The Kier molecular flexibility index (Phi) is 5.29. The molecule has 1 amide bonds. The van der Waals surface area contributed by atoms with Crippen LogP contribution >= 0.6 is 0 Å². The number of carboxylic acids is 1. The second-order valence-electron chi connectivity index (χ2n) is 6.40. The molecule has 0 aromatic heterocycles. The van der Waals surface area contributed by atoms with E-state index in [9.17, 15) is 23.1 Å². The van der Waals surface area contributed by atoms with Crippen molar-refractivity contribution in [2.75, 3.05) is 6.54 Å². The summed E-state index contributed by atoms with van der Waals surface area (Å²) in [5.74, 6) is -1.67. The van der Waals surface area contributed by atoms with Gasteiger partial charge < -0.3 is 10.0 Å². The van der Waals surface area contributed by atoms with Gasteiger partial charge in [0.05, 0.1) is 11.0 Å². The number of likely N-dealkylation sites (tertiary alicyclic amines) is 1. The second-order valence-corrected chi connectivity index (χ2v) is 7.97. The standard InChI is InChI=1S/C19H19NO6S/c1-13-7-9-16(10-8-13)27(24,25)26-15-11-17(19(22)23)20(12-15)18(21)14-5-3-2-4-6-14/h2-10,15,17H,11-12H2,1H3,(H,22,23)/t15-,17+/m1/s1. The Morgan fingerprint density at radius 3 is 2.30 bits per heavy atom. The summed E-state index contributed by atoms with van der Waals surface area (Å²) in [4.78, 5) is 25.3. The average molecular weight is 389 g/mol. The summed E-state index contributed by atoms with van der Waals surface area (Å²) >= 11 is 0. The lowest BCUT2D eigenvalue weighted by Gasteiger charge is -2.21. The molecule has 142 valence electrons. The first kappa shape index (κ1) is 19.1. The number of hydrogen-bond donors (Lipinski definition) is 1. The van der Waals surface area contributed by atoms with E-state index in [0.717, 1.165) is 10.5 Å². The second kappa shape index (κ2) is 7.50. The summed E-state index contributed by atoms with van der Waals surface area (Å²) in [6.45, 7) is 1.72. The van der Waals surface area contributed by atoms with Crippen LogP contribution in [-0.4, -0.2) is 49.0 Å². The van der Waals surface area contributed by atoms with Crippen molar-refractivity contribution in [1.29, 1.82) is 0 Å². The molecular weight excluding hydrogens is 370 g/mol. The summed E-state index contributed by atoms with van der Waals surface area (Å²) in [5.41, 5.74) is 1.24. The number of hydrogen-bond acceptors (Lipinski definition) is 5. The number of rotatable bonds is 5. The lowest BCUT2D eigenvalue weighted by molar-refractivity contribution is -0.141. The molecule has 27 heavy (non-hydrogen) atoms. The molecule has 0 radical (unpaired) electrons. The quantitative estimate of drug-likeness (QED) is 0.786. The Morgan fingerprint density at radius 2 is 1.70 bits per heavy atom. The molecule has 0 unspecified atom stereocenters. The van der Waals surface area contributed by atoms with Gasteiger partial charge in [-0.1, -0.05) is 35.9 Å². The topological polar surface area (TPSA) is 101 Å². The fraction of sp³-hybridized carbons (Fsp3) is 0.263. The van der Waals surface area contributed by atoms with Crippen molar-refractivity contribution in [3.05, 3.63) is 65.7 Å². The lowest BCUT2D eigenvalue weighted by Crippen LogP contribution is -2.40. The van der Waals surface area contributed by atoms with Crippen molar-refractivity contribution in [2.24, 2.45) is 0 Å². The predicted molar refractivity (Wildman–Crippen MR) is 96.8 cm³/mol. The van der Waals surface area contributed by atoms with Gasteiger partial charge in [-0.05, 0) is 31.2 Å². The van der Waals surface area contributed by atoms with Crippen LogP contribution in [0.3, 0.4) is 0 Å². The number of aliphatic carboxylic acids is 1. The van der Waals surface area contributed by atoms with E-state index in [1.54, 1.807) is 42.5 Å². The van der Waals surface area contributed by atoms with Crippen LogP contribution in [0.1, 0.15) is 22.3 Å². The van der Waals surface area contributed by atoms with Gasteiger partial charge in [-0.3, -0.25) is 8.98 Å². The third kappa shape index (κ3) is 4.17. The van der Waals surface area contributed by atoms with E-state index in [-0.39, 0.29) is 17.9 Å².